The molecule has 2 aliphatic heterocycles. The third-order valence-electron chi connectivity index (χ3n) is 4.29. The fourth-order valence-corrected chi connectivity index (χ4v) is 3.15. The summed E-state index contributed by atoms with van der Waals surface area (Å²) in [5.41, 5.74) is -0.732. The van der Waals surface area contributed by atoms with E-state index in [0.717, 1.165) is 12.5 Å². The molecule has 1 atom stereocenters. The van der Waals surface area contributed by atoms with E-state index in [4.69, 9.17) is 14.2 Å². The topological polar surface area (TPSA) is 51.2 Å². The molecule has 0 spiro atoms. The van der Waals surface area contributed by atoms with E-state index in [9.17, 15) is 13.9 Å². The summed E-state index contributed by atoms with van der Waals surface area (Å²) in [6.45, 7) is 2.29. The van der Waals surface area contributed by atoms with E-state index in [-0.39, 0.29) is 18.1 Å². The average Bonchev–Trinajstić information content (AvgIpc) is 2.92. The van der Waals surface area contributed by atoms with Gasteiger partial charge in [0.1, 0.15) is 0 Å². The molecule has 0 aromatic heterocycles. The van der Waals surface area contributed by atoms with Crippen LogP contribution in [0.3, 0.4) is 0 Å². The van der Waals surface area contributed by atoms with Crippen molar-refractivity contribution >= 4 is 0 Å². The molecule has 0 amide bonds. The molecule has 22 heavy (non-hydrogen) atoms. The van der Waals surface area contributed by atoms with Crippen molar-refractivity contribution in [1.82, 2.24) is 4.90 Å². The van der Waals surface area contributed by atoms with Gasteiger partial charge in [0.2, 0.25) is 12.5 Å². The second kappa shape index (κ2) is 5.24. The smallest absolute Gasteiger partial charge is 0.270 e. The van der Waals surface area contributed by atoms with E-state index in [0.29, 0.717) is 36.6 Å². The maximum Gasteiger partial charge on any atom is 0.270 e. The highest BCUT2D eigenvalue weighted by Crippen LogP contribution is 2.53. The zero-order valence-electron chi connectivity index (χ0n) is 12.8. The minimum absolute atomic E-state index is 0.0727. The Morgan fingerprint density at radius 2 is 1.95 bits per heavy atom. The number of alkyl halides is 2. The van der Waals surface area contributed by atoms with E-state index < -0.39 is 12.0 Å². The Labute approximate surface area is 127 Å². The molecule has 0 bridgehead atoms. The first-order valence-corrected chi connectivity index (χ1v) is 7.08. The summed E-state index contributed by atoms with van der Waals surface area (Å²) in [5.74, 6) is 0.973. The minimum atomic E-state index is -2.93. The van der Waals surface area contributed by atoms with Crippen molar-refractivity contribution in [2.45, 2.75) is 31.9 Å². The number of hydrogen-bond donors (Lipinski definition) is 1. The molecule has 122 valence electrons. The molecular weight excluding hydrogens is 296 g/mol. The van der Waals surface area contributed by atoms with Crippen LogP contribution >= 0.6 is 0 Å². The van der Waals surface area contributed by atoms with Gasteiger partial charge >= 0.3 is 0 Å². The number of halogens is 2. The van der Waals surface area contributed by atoms with Crippen LogP contribution in [0.5, 0.6) is 17.2 Å². The maximum absolute atomic E-state index is 13.4. The highest BCUT2D eigenvalue weighted by atomic mass is 19.3. The number of methoxy groups -OCH3 is 1. The number of hydrogen-bond acceptors (Lipinski definition) is 5. The lowest BCUT2D eigenvalue weighted by molar-refractivity contribution is -0.0901. The van der Waals surface area contributed by atoms with Gasteiger partial charge in [-0.25, -0.2) is 8.78 Å². The second-order valence-corrected chi connectivity index (χ2v) is 5.87. The molecule has 5 nitrogen and oxygen atoms in total. The predicted molar refractivity (Wildman–Crippen MR) is 74.7 cm³/mol. The number of likely N-dealkylation sites (N-methyl/N-ethyl adjacent to an activating group) is 1. The molecular formula is C15H19F2NO4. The van der Waals surface area contributed by atoms with Crippen molar-refractivity contribution in [3.8, 4) is 17.2 Å². The number of aliphatic hydroxyl groups is 1. The van der Waals surface area contributed by atoms with Gasteiger partial charge < -0.3 is 24.2 Å². The van der Waals surface area contributed by atoms with Crippen LogP contribution in [0.2, 0.25) is 0 Å². The van der Waals surface area contributed by atoms with Crippen molar-refractivity contribution in [2.24, 2.45) is 0 Å². The molecule has 1 aromatic rings. The highest BCUT2D eigenvalue weighted by molar-refractivity contribution is 5.66. The lowest BCUT2D eigenvalue weighted by Gasteiger charge is -2.33. The summed E-state index contributed by atoms with van der Waals surface area (Å²) >= 11 is 0. The lowest BCUT2D eigenvalue weighted by atomic mass is 9.84. The molecule has 1 N–H and O–H groups in total. The normalized spacial score (nSPS) is 20.0. The summed E-state index contributed by atoms with van der Waals surface area (Å²) < 4.78 is 43.1. The Balaban J connectivity index is 2.31. The second-order valence-electron chi connectivity index (χ2n) is 5.87. The number of benzene rings is 1. The lowest BCUT2D eigenvalue weighted by Crippen LogP contribution is -2.35. The van der Waals surface area contributed by atoms with E-state index in [1.165, 1.54) is 7.11 Å². The van der Waals surface area contributed by atoms with Crippen LogP contribution in [0, 0.1) is 0 Å². The summed E-state index contributed by atoms with van der Waals surface area (Å²) in [4.78, 5) is 2.06. The quantitative estimate of drug-likeness (QED) is 0.923. The molecule has 2 heterocycles. The Morgan fingerprint density at radius 3 is 2.59 bits per heavy atom. The van der Waals surface area contributed by atoms with E-state index in [1.54, 1.807) is 0 Å². The highest BCUT2D eigenvalue weighted by Gasteiger charge is 2.44. The number of nitrogens with zero attached hydrogens (tertiary/aromatic N) is 1. The fourth-order valence-electron chi connectivity index (χ4n) is 3.15. The van der Waals surface area contributed by atoms with Crippen LogP contribution in [0.1, 0.15) is 23.6 Å². The third kappa shape index (κ3) is 2.11. The fraction of sp³-hybridized carbons (Fsp3) is 0.600. The monoisotopic (exact) mass is 315 g/mol. The van der Waals surface area contributed by atoms with Crippen molar-refractivity contribution in [2.75, 3.05) is 27.5 Å². The minimum Gasteiger partial charge on any atom is -0.492 e. The summed E-state index contributed by atoms with van der Waals surface area (Å²) in [5, 5.41) is 10.4. The van der Waals surface area contributed by atoms with E-state index >= 15 is 0 Å². The molecule has 0 aliphatic carbocycles. The van der Waals surface area contributed by atoms with Gasteiger partial charge in [-0.05, 0) is 26.0 Å². The zero-order valence-corrected chi connectivity index (χ0v) is 12.8. The Bertz CT molecular complexity index is 604. The molecule has 7 heteroatoms. The third-order valence-corrected chi connectivity index (χ3v) is 4.29. The number of rotatable bonds is 3. The Morgan fingerprint density at radius 1 is 1.27 bits per heavy atom. The van der Waals surface area contributed by atoms with Gasteiger partial charge in [0, 0.05) is 24.2 Å². The first kappa shape index (κ1) is 15.3. The number of fused-ring (bicyclic) bond motifs is 2. The zero-order chi connectivity index (χ0) is 16.1. The van der Waals surface area contributed by atoms with E-state index in [1.807, 2.05) is 7.05 Å². The molecule has 0 radical (unpaired) electrons. The van der Waals surface area contributed by atoms with Crippen molar-refractivity contribution in [3.05, 3.63) is 16.7 Å². The molecule has 1 aromatic carbocycles. The van der Waals surface area contributed by atoms with Crippen LogP contribution in [-0.2, 0) is 18.6 Å². The van der Waals surface area contributed by atoms with Gasteiger partial charge in [-0.15, -0.1) is 0 Å². The van der Waals surface area contributed by atoms with Crippen LogP contribution in [0.15, 0.2) is 0 Å². The SMILES string of the molecule is COc1c2c(c(C(C)(O)C(F)F)c3c1OCO3)CCN(C)C2. The summed E-state index contributed by atoms with van der Waals surface area (Å²) in [7, 11) is 3.45. The molecule has 2 aliphatic rings. The molecule has 3 rings (SSSR count). The van der Waals surface area contributed by atoms with E-state index in [2.05, 4.69) is 4.90 Å². The molecule has 0 fully saturated rings. The molecule has 1 unspecified atom stereocenters. The predicted octanol–water partition coefficient (Wildman–Crippen LogP) is 1.88. The first-order chi connectivity index (χ1) is 10.4. The van der Waals surface area contributed by atoms with Gasteiger partial charge in [-0.3, -0.25) is 0 Å². The summed E-state index contributed by atoms with van der Waals surface area (Å²) in [6.07, 6.45) is -2.39. The Hall–Kier alpha value is -1.60. The van der Waals surface area contributed by atoms with Crippen molar-refractivity contribution < 1.29 is 28.1 Å². The van der Waals surface area contributed by atoms with Crippen molar-refractivity contribution in [3.63, 3.8) is 0 Å². The molecule has 0 saturated carbocycles. The van der Waals surface area contributed by atoms with Crippen molar-refractivity contribution in [1.29, 1.82) is 0 Å². The number of ether oxygens (including phenoxy) is 3. The van der Waals surface area contributed by atoms with Gasteiger partial charge in [0.25, 0.3) is 6.43 Å². The summed E-state index contributed by atoms with van der Waals surface area (Å²) in [6, 6.07) is 0. The van der Waals surface area contributed by atoms with Gasteiger partial charge in [-0.1, -0.05) is 0 Å². The van der Waals surface area contributed by atoms with Gasteiger partial charge in [-0.2, -0.15) is 0 Å². The van der Waals surface area contributed by atoms with Crippen LogP contribution in [-0.4, -0.2) is 43.9 Å². The largest absolute Gasteiger partial charge is 0.492 e. The first-order valence-electron chi connectivity index (χ1n) is 7.08. The maximum atomic E-state index is 13.4. The Kier molecular flexibility index (Phi) is 3.65. The van der Waals surface area contributed by atoms with Crippen LogP contribution in [0.4, 0.5) is 8.78 Å². The standard InChI is InChI=1S/C15H19F2NO4/c1-15(19,14(16)17)10-8-4-5-18(2)6-9(8)11(20-3)13-12(10)21-7-22-13/h14,19H,4-7H2,1-3H3. The average molecular weight is 315 g/mol. The van der Waals surface area contributed by atoms with Gasteiger partial charge in [0.05, 0.1) is 7.11 Å². The van der Waals surface area contributed by atoms with Gasteiger partial charge in [0.15, 0.2) is 17.1 Å². The van der Waals surface area contributed by atoms with Crippen LogP contribution < -0.4 is 14.2 Å². The molecule has 0 saturated heterocycles. The van der Waals surface area contributed by atoms with Crippen LogP contribution in [0.25, 0.3) is 0 Å².